The van der Waals surface area contributed by atoms with Gasteiger partial charge in [-0.05, 0) is 97.2 Å². The first-order chi connectivity index (χ1) is 17.4. The molecule has 186 valence electrons. The van der Waals surface area contributed by atoms with Crippen LogP contribution in [0.2, 0.25) is 0 Å². The Labute approximate surface area is 208 Å². The number of aryl methyl sites for hydroxylation is 3. The molecule has 1 unspecified atom stereocenters. The Kier molecular flexibility index (Phi) is 6.67. The number of nitrogens with one attached hydrogen (secondary N) is 1. The lowest BCUT2D eigenvalue weighted by Crippen LogP contribution is -2.45. The number of likely N-dealkylation sites (tertiary alicyclic amines) is 1. The number of benzene rings is 3. The van der Waals surface area contributed by atoms with Crippen molar-refractivity contribution >= 4 is 11.6 Å². The molecule has 3 aromatic rings. The van der Waals surface area contributed by atoms with E-state index in [0.717, 1.165) is 46.3 Å². The number of hydrogen-bond donors (Lipinski definition) is 1. The summed E-state index contributed by atoms with van der Waals surface area (Å²) in [5, 5.41) is 17.5. The normalized spacial score (nSPS) is 18.2. The Morgan fingerprint density at radius 1 is 1.00 bits per heavy atom. The van der Waals surface area contributed by atoms with Crippen LogP contribution >= 0.6 is 0 Å². The number of halogens is 2. The van der Waals surface area contributed by atoms with E-state index >= 15 is 0 Å². The minimum Gasteiger partial charge on any atom is -0.337 e. The zero-order valence-corrected chi connectivity index (χ0v) is 20.1. The molecular formula is C28H28F2N4O2. The Balaban J connectivity index is 1.50. The minimum absolute atomic E-state index is 0.0715. The summed E-state index contributed by atoms with van der Waals surface area (Å²) in [6, 6.07) is 17.4. The molecule has 1 fully saturated rings. The number of hydrazone groups is 1. The van der Waals surface area contributed by atoms with Crippen LogP contribution in [-0.2, 0) is 12.8 Å². The summed E-state index contributed by atoms with van der Waals surface area (Å²) in [5.74, 6) is -0.351. The second kappa shape index (κ2) is 10.0. The molecule has 0 saturated carbocycles. The van der Waals surface area contributed by atoms with Gasteiger partial charge in [0.1, 0.15) is 16.7 Å². The van der Waals surface area contributed by atoms with E-state index in [1.54, 1.807) is 12.1 Å². The highest BCUT2D eigenvalue weighted by Gasteiger charge is 2.35. The molecule has 1 saturated heterocycles. The lowest BCUT2D eigenvalue weighted by atomic mass is 9.75. The van der Waals surface area contributed by atoms with Crippen molar-refractivity contribution < 1.29 is 13.8 Å². The molecule has 36 heavy (non-hydrogen) atoms. The Hall–Kier alpha value is -3.81. The van der Waals surface area contributed by atoms with Crippen molar-refractivity contribution in [3.05, 3.63) is 110 Å². The summed E-state index contributed by atoms with van der Waals surface area (Å²) in [7, 11) is 0. The summed E-state index contributed by atoms with van der Waals surface area (Å²) in [6.45, 7) is 3.14. The third-order valence-electron chi connectivity index (χ3n) is 7.26. The molecule has 1 heterocycles. The average molecular weight is 491 g/mol. The van der Waals surface area contributed by atoms with Gasteiger partial charge < -0.3 is 10.2 Å². The van der Waals surface area contributed by atoms with Gasteiger partial charge in [-0.25, -0.2) is 18.9 Å². The number of nitrogens with zero attached hydrogens (tertiary/aromatic N) is 3. The van der Waals surface area contributed by atoms with E-state index in [9.17, 15) is 18.9 Å². The molecule has 0 aromatic heterocycles. The Bertz CT molecular complexity index is 1260. The number of rotatable bonds is 3. The van der Waals surface area contributed by atoms with Gasteiger partial charge in [0.2, 0.25) is 0 Å². The number of hydrogen-bond acceptors (Lipinski definition) is 2. The zero-order chi connectivity index (χ0) is 25.2. The number of piperidine rings is 1. The number of guanidine groups is 1. The molecule has 0 spiro atoms. The van der Waals surface area contributed by atoms with Crippen molar-refractivity contribution in [1.82, 2.24) is 4.90 Å². The summed E-state index contributed by atoms with van der Waals surface area (Å²) in [4.78, 5) is 13.3. The van der Waals surface area contributed by atoms with Crippen LogP contribution in [-0.4, -0.2) is 29.0 Å². The lowest BCUT2D eigenvalue weighted by Gasteiger charge is -2.38. The fourth-order valence-electron chi connectivity index (χ4n) is 5.62. The highest BCUT2D eigenvalue weighted by atomic mass is 19.1. The van der Waals surface area contributed by atoms with Crippen molar-refractivity contribution in [2.24, 2.45) is 11.0 Å². The largest absolute Gasteiger partial charge is 0.337 e. The van der Waals surface area contributed by atoms with Crippen LogP contribution in [0.5, 0.6) is 0 Å². The van der Waals surface area contributed by atoms with E-state index in [1.165, 1.54) is 12.1 Å². The predicted molar refractivity (Wildman–Crippen MR) is 136 cm³/mol. The van der Waals surface area contributed by atoms with Crippen molar-refractivity contribution in [2.45, 2.75) is 38.5 Å². The van der Waals surface area contributed by atoms with Gasteiger partial charge in [0, 0.05) is 24.7 Å². The minimum atomic E-state index is -0.679. The monoisotopic (exact) mass is 490 g/mol. The van der Waals surface area contributed by atoms with Crippen molar-refractivity contribution in [3.8, 4) is 0 Å². The molecule has 1 aliphatic heterocycles. The van der Waals surface area contributed by atoms with E-state index in [0.29, 0.717) is 25.9 Å². The molecule has 8 heteroatoms. The van der Waals surface area contributed by atoms with Crippen molar-refractivity contribution in [3.63, 3.8) is 0 Å². The highest BCUT2D eigenvalue weighted by Crippen LogP contribution is 2.42. The average Bonchev–Trinajstić information content (AvgIpc) is 3.01. The number of anilines is 1. The molecule has 0 amide bonds. The smallest absolute Gasteiger partial charge is 0.275 e. The first kappa shape index (κ1) is 23.9. The molecule has 3 aromatic carbocycles. The van der Waals surface area contributed by atoms with Crippen LogP contribution in [0.1, 0.15) is 46.6 Å². The number of fused-ring (bicyclic) bond motifs is 2. The molecule has 2 aliphatic rings. The maximum Gasteiger partial charge on any atom is 0.275 e. The molecule has 5 rings (SSSR count). The van der Waals surface area contributed by atoms with E-state index in [-0.39, 0.29) is 29.4 Å². The van der Waals surface area contributed by atoms with Crippen LogP contribution in [0.3, 0.4) is 0 Å². The molecular weight excluding hydrogens is 462 g/mol. The fraction of sp³-hybridized carbons (Fsp3) is 0.321. The van der Waals surface area contributed by atoms with Gasteiger partial charge in [-0.15, -0.1) is 0 Å². The van der Waals surface area contributed by atoms with Crippen LogP contribution in [0.25, 0.3) is 0 Å². The molecule has 6 nitrogen and oxygen atoms in total. The van der Waals surface area contributed by atoms with E-state index in [2.05, 4.69) is 10.4 Å². The molecule has 1 aliphatic carbocycles. The fourth-order valence-corrected chi connectivity index (χ4v) is 5.62. The summed E-state index contributed by atoms with van der Waals surface area (Å²) in [5.41, 5.74) is 5.78. The lowest BCUT2D eigenvalue weighted by molar-refractivity contribution is -0.485. The van der Waals surface area contributed by atoms with Crippen molar-refractivity contribution in [1.29, 1.82) is 0 Å². The Morgan fingerprint density at radius 3 is 2.19 bits per heavy atom. The first-order valence-electron chi connectivity index (χ1n) is 12.3. The first-order valence-corrected chi connectivity index (χ1v) is 12.3. The summed E-state index contributed by atoms with van der Waals surface area (Å²) in [6.07, 6.45) is 2.99. The van der Waals surface area contributed by atoms with E-state index in [4.69, 9.17) is 0 Å². The van der Waals surface area contributed by atoms with Crippen LogP contribution in [0.4, 0.5) is 14.5 Å². The van der Waals surface area contributed by atoms with Gasteiger partial charge in [0.05, 0.1) is 0 Å². The van der Waals surface area contributed by atoms with E-state index < -0.39 is 5.03 Å². The van der Waals surface area contributed by atoms with Gasteiger partial charge in [0.15, 0.2) is 5.03 Å². The summed E-state index contributed by atoms with van der Waals surface area (Å²) < 4.78 is 28.3. The standard InChI is InChI=1S/C28H28F2N4O2/c1-18-4-10-24(11-5-18)31-28(32-34(35)36)33-14-2-3-21(17-33)27-25-12-8-22(29)15-19(25)6-7-20-16-23(30)9-13-26(20)27/h4-5,8-13,15-16,21,27H,2-3,6-7,14,17H2,1H3,(H,31,32). The molecule has 1 N–H and O–H groups in total. The van der Waals surface area contributed by atoms with Gasteiger partial charge in [-0.2, -0.15) is 0 Å². The van der Waals surface area contributed by atoms with Crippen LogP contribution < -0.4 is 5.32 Å². The predicted octanol–water partition coefficient (Wildman–Crippen LogP) is 5.88. The van der Waals surface area contributed by atoms with Crippen LogP contribution in [0.15, 0.2) is 65.8 Å². The maximum absolute atomic E-state index is 14.2. The third kappa shape index (κ3) is 5.08. The van der Waals surface area contributed by atoms with Gasteiger partial charge in [-0.3, -0.25) is 0 Å². The Morgan fingerprint density at radius 2 is 1.61 bits per heavy atom. The molecule has 0 bridgehead atoms. The van der Waals surface area contributed by atoms with Gasteiger partial charge >= 0.3 is 0 Å². The number of nitro groups is 1. The molecule has 0 radical (unpaired) electrons. The van der Waals surface area contributed by atoms with Crippen molar-refractivity contribution in [2.75, 3.05) is 18.4 Å². The second-order valence-electron chi connectivity index (χ2n) is 9.66. The molecule has 1 atom stereocenters. The maximum atomic E-state index is 14.2. The van der Waals surface area contributed by atoms with Gasteiger partial charge in [0.25, 0.3) is 5.96 Å². The van der Waals surface area contributed by atoms with Gasteiger partial charge in [-0.1, -0.05) is 29.8 Å². The third-order valence-corrected chi connectivity index (χ3v) is 7.26. The van der Waals surface area contributed by atoms with Crippen LogP contribution in [0, 0.1) is 34.6 Å². The van der Waals surface area contributed by atoms with E-state index in [1.807, 2.05) is 48.2 Å². The summed E-state index contributed by atoms with van der Waals surface area (Å²) >= 11 is 0. The zero-order valence-electron chi connectivity index (χ0n) is 20.1. The highest BCUT2D eigenvalue weighted by molar-refractivity contribution is 5.93. The quantitative estimate of drug-likeness (QED) is 0.216. The second-order valence-corrected chi connectivity index (χ2v) is 9.66. The topological polar surface area (TPSA) is 70.8 Å². The SMILES string of the molecule is Cc1ccc(NC(=N[N+](=O)[O-])N2CCCC(C3c4ccc(F)cc4CCc4cc(F)ccc43)C2)cc1.